The number of rotatable bonds is 6. The summed E-state index contributed by atoms with van der Waals surface area (Å²) in [6.45, 7) is 7.59. The molecule has 1 aromatic heterocycles. The van der Waals surface area contributed by atoms with Crippen LogP contribution in [0.2, 0.25) is 0 Å². The Morgan fingerprint density at radius 3 is 2.57 bits per heavy atom. The van der Waals surface area contributed by atoms with Gasteiger partial charge in [-0.3, -0.25) is 14.5 Å². The Kier molecular flexibility index (Phi) is 5.82. The summed E-state index contributed by atoms with van der Waals surface area (Å²) in [5.74, 6) is 0.131. The highest BCUT2D eigenvalue weighted by molar-refractivity contribution is 5.66. The maximum Gasteiger partial charge on any atom is 0.303 e. The molecule has 0 bridgehead atoms. The largest absolute Gasteiger partial charge is 0.503 e. The lowest BCUT2D eigenvalue weighted by molar-refractivity contribution is -0.137. The molecule has 1 aromatic rings. The maximum atomic E-state index is 11.8. The number of aromatic hydroxyl groups is 1. The number of piperidine rings is 1. The van der Waals surface area contributed by atoms with Crippen LogP contribution in [-0.4, -0.2) is 38.7 Å². The Bertz CT molecular complexity index is 601. The van der Waals surface area contributed by atoms with Crippen LogP contribution in [0.4, 0.5) is 0 Å². The van der Waals surface area contributed by atoms with Crippen LogP contribution in [0.1, 0.15) is 38.8 Å². The molecule has 2 rings (SSSR count). The van der Waals surface area contributed by atoms with Gasteiger partial charge in [-0.2, -0.15) is 0 Å². The third kappa shape index (κ3) is 5.10. The quantitative estimate of drug-likeness (QED) is 0.836. The number of carboxylic acid groups (broad SMARTS) is 1. The molecule has 0 spiro atoms. The molecule has 0 amide bonds. The summed E-state index contributed by atoms with van der Waals surface area (Å²) in [5.41, 5.74) is 0.451. The van der Waals surface area contributed by atoms with Gasteiger partial charge in [0, 0.05) is 44.4 Å². The minimum atomic E-state index is -0.838. The van der Waals surface area contributed by atoms with Crippen molar-refractivity contribution < 1.29 is 15.0 Å². The van der Waals surface area contributed by atoms with Crippen molar-refractivity contribution >= 4 is 5.97 Å². The normalized spacial score (nSPS) is 22.2. The molecule has 1 fully saturated rings. The van der Waals surface area contributed by atoms with Crippen molar-refractivity contribution in [2.75, 3.05) is 13.1 Å². The molecule has 1 aliphatic heterocycles. The van der Waals surface area contributed by atoms with Crippen LogP contribution in [0.3, 0.4) is 0 Å². The third-order valence-electron chi connectivity index (χ3n) is 4.32. The second-order valence-electron chi connectivity index (χ2n) is 6.85. The van der Waals surface area contributed by atoms with Crippen LogP contribution in [0.15, 0.2) is 17.1 Å². The number of aromatic nitrogens is 1. The van der Waals surface area contributed by atoms with Crippen molar-refractivity contribution in [1.82, 2.24) is 9.47 Å². The van der Waals surface area contributed by atoms with Gasteiger partial charge in [-0.25, -0.2) is 0 Å². The lowest BCUT2D eigenvalue weighted by atomic mass is 9.92. The second kappa shape index (κ2) is 7.64. The van der Waals surface area contributed by atoms with Gasteiger partial charge in [0.05, 0.1) is 6.20 Å². The Labute approximate surface area is 136 Å². The van der Waals surface area contributed by atoms with Crippen molar-refractivity contribution in [3.05, 3.63) is 28.2 Å². The number of aryl methyl sites for hydroxylation is 1. The van der Waals surface area contributed by atoms with Crippen LogP contribution in [0, 0.1) is 11.8 Å². The molecule has 23 heavy (non-hydrogen) atoms. The number of hydrogen-bond acceptors (Lipinski definition) is 4. The Hall–Kier alpha value is -1.82. The summed E-state index contributed by atoms with van der Waals surface area (Å²) in [6, 6.07) is 1.47. The van der Waals surface area contributed by atoms with Crippen molar-refractivity contribution in [3.63, 3.8) is 0 Å². The van der Waals surface area contributed by atoms with E-state index in [0.717, 1.165) is 18.8 Å². The first-order chi connectivity index (χ1) is 10.8. The van der Waals surface area contributed by atoms with E-state index in [1.54, 1.807) is 0 Å². The van der Waals surface area contributed by atoms with E-state index in [1.807, 2.05) is 4.57 Å². The maximum absolute atomic E-state index is 11.8. The van der Waals surface area contributed by atoms with E-state index in [4.69, 9.17) is 5.11 Å². The van der Waals surface area contributed by atoms with E-state index in [2.05, 4.69) is 18.7 Å². The third-order valence-corrected chi connectivity index (χ3v) is 4.32. The predicted molar refractivity (Wildman–Crippen MR) is 87.5 cm³/mol. The number of aliphatic carboxylic acids is 1. The average molecular weight is 322 g/mol. The summed E-state index contributed by atoms with van der Waals surface area (Å²) >= 11 is 0. The van der Waals surface area contributed by atoms with Gasteiger partial charge in [0.15, 0.2) is 5.75 Å². The highest BCUT2D eigenvalue weighted by Gasteiger charge is 2.22. The summed E-state index contributed by atoms with van der Waals surface area (Å²) in [6.07, 6.45) is 3.19. The van der Waals surface area contributed by atoms with Crippen LogP contribution in [-0.2, 0) is 17.9 Å². The van der Waals surface area contributed by atoms with Crippen LogP contribution >= 0.6 is 0 Å². The number of hydrogen-bond donors (Lipinski definition) is 2. The molecular weight excluding hydrogens is 296 g/mol. The number of likely N-dealkylation sites (tertiary alicyclic amines) is 1. The molecule has 2 N–H and O–H groups in total. The van der Waals surface area contributed by atoms with E-state index in [9.17, 15) is 14.7 Å². The molecule has 1 saturated heterocycles. The number of carbonyl (C=O) groups is 1. The number of nitrogens with zero attached hydrogens (tertiary/aromatic N) is 2. The SMILES string of the molecule is CC1CC(C)CN(Cc2cc(=O)c(O)cn2CCCC(=O)O)C1. The fourth-order valence-electron chi connectivity index (χ4n) is 3.50. The minimum Gasteiger partial charge on any atom is -0.503 e. The molecule has 2 heterocycles. The fourth-order valence-corrected chi connectivity index (χ4v) is 3.50. The van der Waals surface area contributed by atoms with Gasteiger partial charge in [-0.05, 0) is 24.7 Å². The van der Waals surface area contributed by atoms with Gasteiger partial charge in [-0.15, -0.1) is 0 Å². The van der Waals surface area contributed by atoms with E-state index in [0.29, 0.717) is 31.3 Å². The molecule has 2 atom stereocenters. The van der Waals surface area contributed by atoms with Crippen molar-refractivity contribution in [2.45, 2.75) is 46.2 Å². The lowest BCUT2D eigenvalue weighted by Gasteiger charge is -2.35. The van der Waals surface area contributed by atoms with Crippen molar-refractivity contribution in [3.8, 4) is 5.75 Å². The summed E-state index contributed by atoms with van der Waals surface area (Å²) < 4.78 is 1.81. The van der Waals surface area contributed by atoms with Crippen LogP contribution in [0.25, 0.3) is 0 Å². The van der Waals surface area contributed by atoms with E-state index >= 15 is 0 Å². The van der Waals surface area contributed by atoms with E-state index in [1.165, 1.54) is 18.7 Å². The Morgan fingerprint density at radius 1 is 1.30 bits per heavy atom. The van der Waals surface area contributed by atoms with E-state index < -0.39 is 5.97 Å². The first-order valence-electron chi connectivity index (χ1n) is 8.21. The average Bonchev–Trinajstić information content (AvgIpc) is 2.42. The van der Waals surface area contributed by atoms with Gasteiger partial charge >= 0.3 is 5.97 Å². The number of pyridine rings is 1. The topological polar surface area (TPSA) is 82.8 Å². The summed E-state index contributed by atoms with van der Waals surface area (Å²) in [5, 5.41) is 18.4. The lowest BCUT2D eigenvalue weighted by Crippen LogP contribution is -2.39. The first kappa shape index (κ1) is 17.5. The Balaban J connectivity index is 2.13. The van der Waals surface area contributed by atoms with Crippen molar-refractivity contribution in [1.29, 1.82) is 0 Å². The van der Waals surface area contributed by atoms with Crippen molar-refractivity contribution in [2.24, 2.45) is 11.8 Å². The summed E-state index contributed by atoms with van der Waals surface area (Å²) in [7, 11) is 0. The smallest absolute Gasteiger partial charge is 0.303 e. The molecule has 0 aromatic carbocycles. The summed E-state index contributed by atoms with van der Waals surface area (Å²) in [4.78, 5) is 24.8. The molecule has 1 aliphatic rings. The molecule has 2 unspecified atom stereocenters. The molecule has 6 nitrogen and oxygen atoms in total. The zero-order valence-electron chi connectivity index (χ0n) is 13.9. The van der Waals surface area contributed by atoms with Gasteiger partial charge < -0.3 is 14.8 Å². The predicted octanol–water partition coefficient (Wildman–Crippen LogP) is 1.90. The van der Waals surface area contributed by atoms with Crippen LogP contribution in [0.5, 0.6) is 5.75 Å². The number of carboxylic acids is 1. The molecule has 128 valence electrons. The molecule has 0 aliphatic carbocycles. The standard InChI is InChI=1S/C17H26N2O4/c1-12-6-13(2)9-18(8-12)10-14-7-15(20)16(21)11-19(14)5-3-4-17(22)23/h7,11-13,21H,3-6,8-10H2,1-2H3,(H,22,23). The molecular formula is C17H26N2O4. The highest BCUT2D eigenvalue weighted by atomic mass is 16.4. The van der Waals surface area contributed by atoms with Gasteiger partial charge in [-0.1, -0.05) is 13.8 Å². The zero-order chi connectivity index (χ0) is 17.0. The minimum absolute atomic E-state index is 0.0735. The second-order valence-corrected chi connectivity index (χ2v) is 6.85. The molecule has 0 saturated carbocycles. The highest BCUT2D eigenvalue weighted by Crippen LogP contribution is 2.22. The van der Waals surface area contributed by atoms with Gasteiger partial charge in [0.2, 0.25) is 5.43 Å². The fraction of sp³-hybridized carbons (Fsp3) is 0.647. The van der Waals surface area contributed by atoms with Gasteiger partial charge in [0.1, 0.15) is 0 Å². The van der Waals surface area contributed by atoms with Crippen LogP contribution < -0.4 is 5.43 Å². The van der Waals surface area contributed by atoms with Gasteiger partial charge in [0.25, 0.3) is 0 Å². The Morgan fingerprint density at radius 2 is 1.96 bits per heavy atom. The van der Waals surface area contributed by atoms with E-state index in [-0.39, 0.29) is 17.6 Å². The molecule has 6 heteroatoms. The zero-order valence-corrected chi connectivity index (χ0v) is 13.9. The molecule has 0 radical (unpaired) electrons. The first-order valence-corrected chi connectivity index (χ1v) is 8.21. The monoisotopic (exact) mass is 322 g/mol.